The molecule has 0 N–H and O–H groups in total. The number of nitrogens with zero attached hydrogens (tertiary/aromatic N) is 1. The highest BCUT2D eigenvalue weighted by Crippen LogP contribution is 2.42. The number of rotatable bonds is 6. The number of hydrogen-bond donors (Lipinski definition) is 0. The zero-order valence-corrected chi connectivity index (χ0v) is 30.6. The predicted molar refractivity (Wildman–Crippen MR) is 235 cm³/mol. The van der Waals surface area contributed by atoms with Crippen LogP contribution in [0.15, 0.2) is 205 Å². The van der Waals surface area contributed by atoms with Gasteiger partial charge in [-0.25, -0.2) is 0 Å². The van der Waals surface area contributed by atoms with Crippen LogP contribution in [0.4, 0.5) is 17.1 Å². The van der Waals surface area contributed by atoms with E-state index in [1.54, 1.807) is 0 Å². The van der Waals surface area contributed by atoms with Crippen molar-refractivity contribution in [3.05, 3.63) is 200 Å². The summed E-state index contributed by atoms with van der Waals surface area (Å²) in [6.07, 6.45) is 0. The minimum atomic E-state index is 0.901. The van der Waals surface area contributed by atoms with Crippen molar-refractivity contribution in [2.24, 2.45) is 0 Å². The van der Waals surface area contributed by atoms with E-state index in [0.29, 0.717) is 0 Å². The largest absolute Gasteiger partial charge is 0.456 e. The molecule has 0 aliphatic rings. The van der Waals surface area contributed by atoms with Gasteiger partial charge in [0, 0.05) is 48.0 Å². The van der Waals surface area contributed by atoms with Crippen molar-refractivity contribution in [2.45, 2.75) is 0 Å². The molecule has 0 saturated heterocycles. The molecule has 0 spiro atoms. The van der Waals surface area contributed by atoms with Crippen LogP contribution in [0.1, 0.15) is 0 Å². The first kappa shape index (κ1) is 31.6. The van der Waals surface area contributed by atoms with Gasteiger partial charge in [-0.05, 0) is 117 Å². The summed E-state index contributed by atoms with van der Waals surface area (Å²) < 4.78 is 9.05. The van der Waals surface area contributed by atoms with E-state index in [1.165, 1.54) is 53.2 Å². The molecule has 2 heterocycles. The highest BCUT2D eigenvalue weighted by atomic mass is 32.1. The van der Waals surface area contributed by atoms with Crippen LogP contribution in [0.3, 0.4) is 0 Å². The van der Waals surface area contributed by atoms with Gasteiger partial charge in [0.15, 0.2) is 0 Å². The molecular formula is C52H33NOS. The van der Waals surface area contributed by atoms with Crippen molar-refractivity contribution in [3.8, 4) is 33.4 Å². The number of benzene rings is 9. The molecule has 258 valence electrons. The van der Waals surface area contributed by atoms with Crippen LogP contribution in [0, 0.1) is 0 Å². The van der Waals surface area contributed by atoms with E-state index in [2.05, 4.69) is 205 Å². The maximum atomic E-state index is 6.42. The fourth-order valence-electron chi connectivity index (χ4n) is 8.13. The van der Waals surface area contributed by atoms with E-state index in [-0.39, 0.29) is 0 Å². The molecule has 0 radical (unpaired) electrons. The second-order valence-electron chi connectivity index (χ2n) is 14.1. The lowest BCUT2D eigenvalue weighted by molar-refractivity contribution is 0.669. The number of thiophene rings is 1. The Bertz CT molecular complexity index is 3170. The molecule has 0 saturated carbocycles. The van der Waals surface area contributed by atoms with E-state index in [0.717, 1.165) is 50.1 Å². The lowest BCUT2D eigenvalue weighted by Crippen LogP contribution is -2.09. The van der Waals surface area contributed by atoms with Gasteiger partial charge in [-0.3, -0.25) is 0 Å². The van der Waals surface area contributed by atoms with E-state index in [1.807, 2.05) is 11.3 Å². The minimum Gasteiger partial charge on any atom is -0.456 e. The van der Waals surface area contributed by atoms with Crippen LogP contribution < -0.4 is 4.90 Å². The standard InChI is InChI=1S/C52H33NOS/c1-2-9-34(10-3-1)35-17-24-41(25-18-35)53(43-28-21-37(22-29-43)44-14-8-16-51-52(44)46-13-6-7-15-50(46)55-51)42-26-19-36(20-27-42)40-23-30-45-47-31-38-11-4-5-12-39(38)32-49(47)54-48(45)33-40/h1-33H. The average molecular weight is 720 g/mol. The molecular weight excluding hydrogens is 687 g/mol. The van der Waals surface area contributed by atoms with Crippen LogP contribution in [-0.2, 0) is 0 Å². The summed E-state index contributed by atoms with van der Waals surface area (Å²) in [6, 6.07) is 72.2. The first-order valence-electron chi connectivity index (χ1n) is 18.7. The zero-order valence-electron chi connectivity index (χ0n) is 29.8. The summed E-state index contributed by atoms with van der Waals surface area (Å²) >= 11 is 1.86. The summed E-state index contributed by atoms with van der Waals surface area (Å²) in [5.74, 6) is 0. The van der Waals surface area contributed by atoms with E-state index in [9.17, 15) is 0 Å². The van der Waals surface area contributed by atoms with Gasteiger partial charge in [-0.15, -0.1) is 11.3 Å². The number of furan rings is 1. The fourth-order valence-corrected chi connectivity index (χ4v) is 9.26. The summed E-state index contributed by atoms with van der Waals surface area (Å²) in [6.45, 7) is 0. The monoisotopic (exact) mass is 719 g/mol. The van der Waals surface area contributed by atoms with Crippen molar-refractivity contribution < 1.29 is 4.42 Å². The zero-order chi connectivity index (χ0) is 36.3. The molecule has 0 bridgehead atoms. The van der Waals surface area contributed by atoms with Crippen LogP contribution >= 0.6 is 11.3 Å². The first-order valence-corrected chi connectivity index (χ1v) is 19.5. The molecule has 0 fully saturated rings. The highest BCUT2D eigenvalue weighted by molar-refractivity contribution is 7.25. The minimum absolute atomic E-state index is 0.901. The van der Waals surface area contributed by atoms with Crippen molar-refractivity contribution in [1.82, 2.24) is 0 Å². The van der Waals surface area contributed by atoms with Crippen LogP contribution in [-0.4, -0.2) is 0 Å². The third-order valence-corrected chi connectivity index (χ3v) is 12.0. The first-order chi connectivity index (χ1) is 27.2. The fraction of sp³-hybridized carbons (Fsp3) is 0. The molecule has 3 heteroatoms. The predicted octanol–water partition coefficient (Wildman–Crippen LogP) is 15.6. The number of fused-ring (bicyclic) bond motifs is 7. The van der Waals surface area contributed by atoms with Gasteiger partial charge < -0.3 is 9.32 Å². The van der Waals surface area contributed by atoms with Gasteiger partial charge in [0.1, 0.15) is 11.2 Å². The average Bonchev–Trinajstić information content (AvgIpc) is 3.81. The normalized spacial score (nSPS) is 11.6. The van der Waals surface area contributed by atoms with Gasteiger partial charge in [-0.2, -0.15) is 0 Å². The smallest absolute Gasteiger partial charge is 0.136 e. The molecule has 55 heavy (non-hydrogen) atoms. The van der Waals surface area contributed by atoms with Gasteiger partial charge in [0.05, 0.1) is 0 Å². The Morgan fingerprint density at radius 3 is 1.62 bits per heavy atom. The molecule has 0 amide bonds. The van der Waals surface area contributed by atoms with E-state index in [4.69, 9.17) is 4.42 Å². The summed E-state index contributed by atoms with van der Waals surface area (Å²) in [5, 5.41) is 7.34. The lowest BCUT2D eigenvalue weighted by atomic mass is 9.99. The van der Waals surface area contributed by atoms with Gasteiger partial charge in [0.25, 0.3) is 0 Å². The molecule has 0 atom stereocenters. The molecule has 0 unspecified atom stereocenters. The summed E-state index contributed by atoms with van der Waals surface area (Å²) in [7, 11) is 0. The van der Waals surface area contributed by atoms with Crippen LogP contribution in [0.2, 0.25) is 0 Å². The number of hydrogen-bond acceptors (Lipinski definition) is 3. The van der Waals surface area contributed by atoms with Gasteiger partial charge >= 0.3 is 0 Å². The Balaban J connectivity index is 0.974. The van der Waals surface area contributed by atoms with Crippen LogP contribution in [0.5, 0.6) is 0 Å². The van der Waals surface area contributed by atoms with Crippen molar-refractivity contribution in [3.63, 3.8) is 0 Å². The molecule has 9 aromatic carbocycles. The highest BCUT2D eigenvalue weighted by Gasteiger charge is 2.16. The Labute approximate surface area is 322 Å². The quantitative estimate of drug-likeness (QED) is 0.170. The Kier molecular flexibility index (Phi) is 7.39. The lowest BCUT2D eigenvalue weighted by Gasteiger charge is -2.26. The van der Waals surface area contributed by atoms with Crippen molar-refractivity contribution in [2.75, 3.05) is 4.90 Å². The molecule has 0 aliphatic heterocycles. The van der Waals surface area contributed by atoms with Gasteiger partial charge in [0.2, 0.25) is 0 Å². The number of anilines is 3. The molecule has 0 aliphatic carbocycles. The van der Waals surface area contributed by atoms with E-state index < -0.39 is 0 Å². The van der Waals surface area contributed by atoms with Crippen molar-refractivity contribution >= 4 is 81.3 Å². The third-order valence-electron chi connectivity index (χ3n) is 10.9. The second kappa shape index (κ2) is 12.9. The molecule has 11 rings (SSSR count). The Morgan fingerprint density at radius 2 is 0.891 bits per heavy atom. The Morgan fingerprint density at radius 1 is 0.345 bits per heavy atom. The third kappa shape index (κ3) is 5.48. The summed E-state index contributed by atoms with van der Waals surface area (Å²) in [5.41, 5.74) is 12.2. The van der Waals surface area contributed by atoms with Crippen LogP contribution in [0.25, 0.3) is 86.3 Å². The van der Waals surface area contributed by atoms with E-state index >= 15 is 0 Å². The summed E-state index contributed by atoms with van der Waals surface area (Å²) in [4.78, 5) is 2.34. The molecule has 2 nitrogen and oxygen atoms in total. The van der Waals surface area contributed by atoms with Crippen molar-refractivity contribution in [1.29, 1.82) is 0 Å². The Hall–Kier alpha value is -6.94. The maximum absolute atomic E-state index is 6.42. The molecule has 2 aromatic heterocycles. The molecule has 11 aromatic rings. The topological polar surface area (TPSA) is 16.4 Å². The SMILES string of the molecule is c1ccc(-c2ccc(N(c3ccc(-c4ccc5c(c4)oc4cc6ccccc6cc45)cc3)c3ccc(-c4cccc5sc6ccccc6c45)cc3)cc2)cc1. The maximum Gasteiger partial charge on any atom is 0.136 e. The van der Waals surface area contributed by atoms with Gasteiger partial charge in [-0.1, -0.05) is 127 Å². The second-order valence-corrected chi connectivity index (χ2v) is 15.2.